The zero-order valence-corrected chi connectivity index (χ0v) is 14.4. The van der Waals surface area contributed by atoms with Crippen molar-refractivity contribution in [3.8, 4) is 0 Å². The van der Waals surface area contributed by atoms with Gasteiger partial charge in [-0.25, -0.2) is 4.79 Å². The van der Waals surface area contributed by atoms with Gasteiger partial charge in [0.25, 0.3) is 0 Å². The number of urea groups is 1. The van der Waals surface area contributed by atoms with Gasteiger partial charge in [0, 0.05) is 6.04 Å². The number of hydrogen-bond donors (Lipinski definition) is 2. The summed E-state index contributed by atoms with van der Waals surface area (Å²) in [5.41, 5.74) is 2.62. The van der Waals surface area contributed by atoms with E-state index in [-0.39, 0.29) is 17.5 Å². The lowest BCUT2D eigenvalue weighted by Crippen LogP contribution is -2.43. The molecule has 0 unspecified atom stereocenters. The van der Waals surface area contributed by atoms with E-state index in [1.165, 1.54) is 24.8 Å². The van der Waals surface area contributed by atoms with Gasteiger partial charge in [-0.05, 0) is 36.3 Å². The first-order chi connectivity index (χ1) is 10.4. The Morgan fingerprint density at radius 2 is 1.68 bits per heavy atom. The van der Waals surface area contributed by atoms with Gasteiger partial charge in [-0.3, -0.25) is 0 Å². The Bertz CT molecular complexity index is 481. The van der Waals surface area contributed by atoms with Gasteiger partial charge >= 0.3 is 6.03 Å². The molecule has 22 heavy (non-hydrogen) atoms. The zero-order valence-electron chi connectivity index (χ0n) is 14.4. The fourth-order valence-electron chi connectivity index (χ4n) is 3.03. The van der Waals surface area contributed by atoms with Crippen LogP contribution in [0.1, 0.15) is 77.0 Å². The van der Waals surface area contributed by atoms with E-state index >= 15 is 0 Å². The number of nitrogens with one attached hydrogen (secondary N) is 2. The summed E-state index contributed by atoms with van der Waals surface area (Å²) in [6.45, 7) is 8.66. The molecule has 1 aromatic carbocycles. The molecule has 0 aliphatic heterocycles. The van der Waals surface area contributed by atoms with E-state index in [2.05, 4.69) is 55.7 Å². The second-order valence-electron chi connectivity index (χ2n) is 7.55. The van der Waals surface area contributed by atoms with E-state index in [9.17, 15) is 4.79 Å². The largest absolute Gasteiger partial charge is 0.335 e. The van der Waals surface area contributed by atoms with Crippen molar-refractivity contribution in [2.24, 2.45) is 0 Å². The Balaban J connectivity index is 1.88. The summed E-state index contributed by atoms with van der Waals surface area (Å²) in [7, 11) is 0. The van der Waals surface area contributed by atoms with Crippen molar-refractivity contribution >= 4 is 6.03 Å². The number of benzene rings is 1. The van der Waals surface area contributed by atoms with Crippen molar-refractivity contribution < 1.29 is 4.79 Å². The molecule has 2 N–H and O–H groups in total. The van der Waals surface area contributed by atoms with Crippen LogP contribution in [-0.4, -0.2) is 12.1 Å². The summed E-state index contributed by atoms with van der Waals surface area (Å²) in [6, 6.07) is 8.89. The summed E-state index contributed by atoms with van der Waals surface area (Å²) < 4.78 is 0. The van der Waals surface area contributed by atoms with Crippen molar-refractivity contribution in [3.05, 3.63) is 35.4 Å². The minimum atomic E-state index is -0.0423. The number of rotatable bonds is 3. The van der Waals surface area contributed by atoms with Gasteiger partial charge < -0.3 is 10.6 Å². The number of hydrogen-bond acceptors (Lipinski definition) is 1. The van der Waals surface area contributed by atoms with Crippen molar-refractivity contribution in [1.82, 2.24) is 10.6 Å². The highest BCUT2D eigenvalue weighted by Crippen LogP contribution is 2.24. The van der Waals surface area contributed by atoms with E-state index in [1.807, 2.05) is 6.92 Å². The topological polar surface area (TPSA) is 41.1 Å². The van der Waals surface area contributed by atoms with Gasteiger partial charge in [0.05, 0.1) is 6.04 Å². The van der Waals surface area contributed by atoms with Crippen molar-refractivity contribution in [2.75, 3.05) is 0 Å². The molecule has 3 nitrogen and oxygen atoms in total. The van der Waals surface area contributed by atoms with Crippen LogP contribution in [0.15, 0.2) is 24.3 Å². The molecule has 0 heterocycles. The van der Waals surface area contributed by atoms with Crippen LogP contribution in [0.3, 0.4) is 0 Å². The Labute approximate surface area is 134 Å². The standard InChI is InChI=1S/C19H30N2O/c1-14(15-10-12-16(13-11-15)19(2,3)4)20-18(22)21-17-8-6-5-7-9-17/h10-14,17H,5-9H2,1-4H3,(H2,20,21,22)/t14-/m1/s1. The average Bonchev–Trinajstić information content (AvgIpc) is 2.47. The fraction of sp³-hybridized carbons (Fsp3) is 0.632. The van der Waals surface area contributed by atoms with Crippen LogP contribution in [-0.2, 0) is 5.41 Å². The summed E-state index contributed by atoms with van der Waals surface area (Å²) >= 11 is 0. The zero-order chi connectivity index (χ0) is 16.2. The second kappa shape index (κ2) is 7.17. The van der Waals surface area contributed by atoms with Gasteiger partial charge in [0.2, 0.25) is 0 Å². The van der Waals surface area contributed by atoms with Gasteiger partial charge in [-0.2, -0.15) is 0 Å². The van der Waals surface area contributed by atoms with Gasteiger partial charge in [-0.15, -0.1) is 0 Å². The molecular formula is C19H30N2O. The van der Waals surface area contributed by atoms with Crippen molar-refractivity contribution in [3.63, 3.8) is 0 Å². The predicted octanol–water partition coefficient (Wildman–Crippen LogP) is 4.68. The average molecular weight is 302 g/mol. The first kappa shape index (κ1) is 16.9. The van der Waals surface area contributed by atoms with Crippen LogP contribution in [0.25, 0.3) is 0 Å². The summed E-state index contributed by atoms with van der Waals surface area (Å²) in [5, 5.41) is 6.16. The number of amides is 2. The minimum Gasteiger partial charge on any atom is -0.335 e. The maximum Gasteiger partial charge on any atom is 0.315 e. The van der Waals surface area contributed by atoms with Crippen LogP contribution in [0.4, 0.5) is 4.79 Å². The van der Waals surface area contributed by atoms with E-state index in [1.54, 1.807) is 0 Å². The van der Waals surface area contributed by atoms with Crippen LogP contribution in [0.2, 0.25) is 0 Å². The van der Waals surface area contributed by atoms with Crippen molar-refractivity contribution in [2.45, 2.75) is 77.3 Å². The first-order valence-corrected chi connectivity index (χ1v) is 8.54. The molecule has 122 valence electrons. The minimum absolute atomic E-state index is 0.0256. The molecule has 3 heteroatoms. The molecule has 0 saturated heterocycles. The molecule has 2 rings (SSSR count). The quantitative estimate of drug-likeness (QED) is 0.836. The highest BCUT2D eigenvalue weighted by atomic mass is 16.2. The molecule has 1 atom stereocenters. The van der Waals surface area contributed by atoms with Gasteiger partial charge in [0.15, 0.2) is 0 Å². The first-order valence-electron chi connectivity index (χ1n) is 8.54. The normalized spacial score (nSPS) is 17.8. The summed E-state index contributed by atoms with van der Waals surface area (Å²) in [5.74, 6) is 0. The van der Waals surface area contributed by atoms with Crippen LogP contribution in [0.5, 0.6) is 0 Å². The molecule has 1 fully saturated rings. The van der Waals surface area contributed by atoms with Crippen LogP contribution in [0, 0.1) is 0 Å². The number of carbonyl (C=O) groups is 1. The molecule has 1 aliphatic rings. The van der Waals surface area contributed by atoms with E-state index in [4.69, 9.17) is 0 Å². The third kappa shape index (κ3) is 4.75. The Morgan fingerprint density at radius 3 is 2.23 bits per heavy atom. The van der Waals surface area contributed by atoms with E-state index in [0.29, 0.717) is 6.04 Å². The Kier molecular flexibility index (Phi) is 5.49. The predicted molar refractivity (Wildman–Crippen MR) is 92.1 cm³/mol. The third-order valence-electron chi connectivity index (χ3n) is 4.56. The summed E-state index contributed by atoms with van der Waals surface area (Å²) in [4.78, 5) is 12.1. The summed E-state index contributed by atoms with van der Waals surface area (Å²) in [6.07, 6.45) is 5.99. The maximum atomic E-state index is 12.1. The van der Waals surface area contributed by atoms with Gasteiger partial charge in [0.1, 0.15) is 0 Å². The number of carbonyl (C=O) groups excluding carboxylic acids is 1. The van der Waals surface area contributed by atoms with Gasteiger partial charge in [-0.1, -0.05) is 64.3 Å². The van der Waals surface area contributed by atoms with E-state index < -0.39 is 0 Å². The Hall–Kier alpha value is -1.51. The third-order valence-corrected chi connectivity index (χ3v) is 4.56. The molecule has 2 amide bonds. The van der Waals surface area contributed by atoms with Crippen LogP contribution >= 0.6 is 0 Å². The second-order valence-corrected chi connectivity index (χ2v) is 7.55. The smallest absolute Gasteiger partial charge is 0.315 e. The molecule has 0 spiro atoms. The van der Waals surface area contributed by atoms with E-state index in [0.717, 1.165) is 18.4 Å². The van der Waals surface area contributed by atoms with Crippen LogP contribution < -0.4 is 10.6 Å². The highest BCUT2D eigenvalue weighted by Gasteiger charge is 2.18. The lowest BCUT2D eigenvalue weighted by Gasteiger charge is -2.24. The monoisotopic (exact) mass is 302 g/mol. The molecule has 1 aromatic rings. The molecule has 1 aliphatic carbocycles. The molecule has 0 bridgehead atoms. The Morgan fingerprint density at radius 1 is 1.09 bits per heavy atom. The molecule has 1 saturated carbocycles. The molecule has 0 aromatic heterocycles. The van der Waals surface area contributed by atoms with Crippen molar-refractivity contribution in [1.29, 1.82) is 0 Å². The molecule has 0 radical (unpaired) electrons. The maximum absolute atomic E-state index is 12.1. The lowest BCUT2D eigenvalue weighted by atomic mass is 9.86. The highest BCUT2D eigenvalue weighted by molar-refractivity contribution is 5.74. The molecular weight excluding hydrogens is 272 g/mol. The SMILES string of the molecule is C[C@@H](NC(=O)NC1CCCCC1)c1ccc(C(C)(C)C)cc1. The fourth-order valence-corrected chi connectivity index (χ4v) is 3.03. The lowest BCUT2D eigenvalue weighted by molar-refractivity contribution is 0.229.